The minimum atomic E-state index is -0.691. The largest absolute Gasteiger partial charge is 0.505 e. The fourth-order valence-corrected chi connectivity index (χ4v) is 4.02. The van der Waals surface area contributed by atoms with Crippen molar-refractivity contribution in [1.82, 2.24) is 15.6 Å². The fraction of sp³-hybridized carbons (Fsp3) is 0.440. The summed E-state index contributed by atoms with van der Waals surface area (Å²) in [5.74, 6) is 0.303. The molecule has 0 saturated carbocycles. The van der Waals surface area contributed by atoms with Gasteiger partial charge in [-0.3, -0.25) is 5.32 Å². The molecule has 3 rings (SSSR count). The van der Waals surface area contributed by atoms with E-state index in [0.29, 0.717) is 12.2 Å². The van der Waals surface area contributed by atoms with Crippen molar-refractivity contribution < 1.29 is 14.7 Å². The molecule has 0 aliphatic carbocycles. The molecule has 0 aliphatic rings. The van der Waals surface area contributed by atoms with Crippen LogP contribution in [-0.2, 0) is 6.42 Å². The molecule has 5 N–H and O–H groups in total. The lowest BCUT2D eigenvalue weighted by Crippen LogP contribution is -2.42. The number of anilines is 1. The summed E-state index contributed by atoms with van der Waals surface area (Å²) in [7, 11) is 0. The summed E-state index contributed by atoms with van der Waals surface area (Å²) in [6.07, 6.45) is 5.34. The third kappa shape index (κ3) is 5.15. The molecule has 0 unspecified atom stereocenters. The van der Waals surface area contributed by atoms with Crippen LogP contribution in [0.1, 0.15) is 57.6 Å². The molecule has 2 aromatic carbocycles. The average Bonchev–Trinajstić information content (AvgIpc) is 3.14. The van der Waals surface area contributed by atoms with E-state index in [-0.39, 0.29) is 11.7 Å². The number of hydrogen-bond donors (Lipinski definition) is 5. The number of amides is 4. The topological polar surface area (TPSA) is 106 Å². The fourth-order valence-electron chi connectivity index (χ4n) is 4.02. The standard InChI is InChI=1S/C25H34N4O3/c1-5-6-7-8-11-17-16(4)23(30)22(28-25(32)29-24(31)26-14-15(2)3)20-18-12-9-10-13-19(18)27-21(17)20/h9-10,12-13,15,27,30H,5-8,11,14H2,1-4H3,(H3,26,28,29,31,32). The Kier molecular flexibility index (Phi) is 7.62. The Bertz CT molecular complexity index is 1120. The van der Waals surface area contributed by atoms with E-state index < -0.39 is 12.1 Å². The highest BCUT2D eigenvalue weighted by atomic mass is 16.3. The number of urea groups is 2. The lowest BCUT2D eigenvalue weighted by Gasteiger charge is -2.16. The van der Waals surface area contributed by atoms with Crippen LogP contribution < -0.4 is 16.0 Å². The Morgan fingerprint density at radius 1 is 1.09 bits per heavy atom. The van der Waals surface area contributed by atoms with Crippen LogP contribution in [0, 0.1) is 12.8 Å². The molecule has 7 heteroatoms. The van der Waals surface area contributed by atoms with Gasteiger partial charge in [0.05, 0.1) is 11.2 Å². The van der Waals surface area contributed by atoms with E-state index in [2.05, 4.69) is 27.9 Å². The van der Waals surface area contributed by atoms with E-state index >= 15 is 0 Å². The van der Waals surface area contributed by atoms with Gasteiger partial charge in [0.15, 0.2) is 0 Å². The third-order valence-electron chi connectivity index (χ3n) is 5.72. The summed E-state index contributed by atoms with van der Waals surface area (Å²) in [5, 5.41) is 20.4. The lowest BCUT2D eigenvalue weighted by molar-refractivity contribution is 0.232. The number of H-pyrrole nitrogens is 1. The van der Waals surface area contributed by atoms with Crippen LogP contribution in [0.15, 0.2) is 24.3 Å². The van der Waals surface area contributed by atoms with Crippen molar-refractivity contribution in [3.63, 3.8) is 0 Å². The first-order chi connectivity index (χ1) is 15.3. The number of rotatable bonds is 8. The number of carbonyl (C=O) groups is 2. The summed E-state index contributed by atoms with van der Waals surface area (Å²) in [5.41, 5.74) is 3.95. The highest BCUT2D eigenvalue weighted by Crippen LogP contribution is 2.43. The van der Waals surface area contributed by atoms with Crippen molar-refractivity contribution in [1.29, 1.82) is 0 Å². The van der Waals surface area contributed by atoms with Gasteiger partial charge in [-0.05, 0) is 42.9 Å². The summed E-state index contributed by atoms with van der Waals surface area (Å²) < 4.78 is 0. The predicted octanol–water partition coefficient (Wildman–Crippen LogP) is 5.95. The van der Waals surface area contributed by atoms with Crippen LogP contribution in [0.5, 0.6) is 5.75 Å². The van der Waals surface area contributed by atoms with Gasteiger partial charge in [-0.25, -0.2) is 9.59 Å². The van der Waals surface area contributed by atoms with E-state index in [4.69, 9.17) is 0 Å². The number of phenols is 1. The quantitative estimate of drug-likeness (QED) is 0.222. The van der Waals surface area contributed by atoms with Gasteiger partial charge in [-0.2, -0.15) is 0 Å². The van der Waals surface area contributed by atoms with Crippen LogP contribution in [-0.4, -0.2) is 28.7 Å². The zero-order valence-electron chi connectivity index (χ0n) is 19.4. The number of fused-ring (bicyclic) bond motifs is 3. The lowest BCUT2D eigenvalue weighted by atomic mass is 9.96. The van der Waals surface area contributed by atoms with Gasteiger partial charge in [-0.15, -0.1) is 0 Å². The SMILES string of the molecule is CCCCCCc1c(C)c(O)c(NC(=O)NC(=O)NCC(C)C)c2c1[nH]c1ccccc12. The number of imide groups is 1. The zero-order chi connectivity index (χ0) is 23.3. The summed E-state index contributed by atoms with van der Waals surface area (Å²) in [4.78, 5) is 28.0. The first kappa shape index (κ1) is 23.4. The van der Waals surface area contributed by atoms with Gasteiger partial charge in [0.1, 0.15) is 5.75 Å². The maximum Gasteiger partial charge on any atom is 0.327 e. The first-order valence-electron chi connectivity index (χ1n) is 11.4. The molecule has 4 amide bonds. The number of aromatic amines is 1. The molecule has 0 bridgehead atoms. The monoisotopic (exact) mass is 438 g/mol. The number of para-hydroxylation sites is 1. The molecule has 0 spiro atoms. The summed E-state index contributed by atoms with van der Waals surface area (Å²) >= 11 is 0. The summed E-state index contributed by atoms with van der Waals surface area (Å²) in [6.45, 7) is 8.45. The Morgan fingerprint density at radius 2 is 1.84 bits per heavy atom. The van der Waals surface area contributed by atoms with Crippen molar-refractivity contribution in [2.45, 2.75) is 59.8 Å². The van der Waals surface area contributed by atoms with Gasteiger partial charge >= 0.3 is 12.1 Å². The van der Waals surface area contributed by atoms with Gasteiger partial charge in [0, 0.05) is 22.8 Å². The molecule has 0 aliphatic heterocycles. The number of aromatic nitrogens is 1. The van der Waals surface area contributed by atoms with Gasteiger partial charge < -0.3 is 20.7 Å². The molecule has 0 saturated heterocycles. The Hall–Kier alpha value is -3.22. The van der Waals surface area contributed by atoms with E-state index in [1.165, 1.54) is 6.42 Å². The van der Waals surface area contributed by atoms with E-state index in [9.17, 15) is 14.7 Å². The smallest absolute Gasteiger partial charge is 0.327 e. The molecule has 1 heterocycles. The molecular formula is C25H34N4O3. The first-order valence-corrected chi connectivity index (χ1v) is 11.4. The Labute approximate surface area is 189 Å². The van der Waals surface area contributed by atoms with Crippen molar-refractivity contribution in [3.05, 3.63) is 35.4 Å². The van der Waals surface area contributed by atoms with Crippen molar-refractivity contribution in [3.8, 4) is 5.75 Å². The third-order valence-corrected chi connectivity index (χ3v) is 5.72. The molecular weight excluding hydrogens is 404 g/mol. The minimum absolute atomic E-state index is 0.0329. The van der Waals surface area contributed by atoms with E-state index in [0.717, 1.165) is 58.6 Å². The number of aryl methyl sites for hydroxylation is 1. The van der Waals surface area contributed by atoms with Crippen LogP contribution in [0.2, 0.25) is 0 Å². The molecule has 0 atom stereocenters. The van der Waals surface area contributed by atoms with Gasteiger partial charge in [-0.1, -0.05) is 58.2 Å². The number of carbonyl (C=O) groups excluding carboxylic acids is 2. The number of nitrogens with one attached hydrogen (secondary N) is 4. The van der Waals surface area contributed by atoms with Gasteiger partial charge in [0.25, 0.3) is 0 Å². The Balaban J connectivity index is 1.98. The average molecular weight is 439 g/mol. The van der Waals surface area contributed by atoms with Crippen LogP contribution in [0.25, 0.3) is 21.8 Å². The summed E-state index contributed by atoms with van der Waals surface area (Å²) in [6, 6.07) is 6.55. The molecule has 7 nitrogen and oxygen atoms in total. The normalized spacial score (nSPS) is 11.3. The van der Waals surface area contributed by atoms with Crippen molar-refractivity contribution in [2.24, 2.45) is 5.92 Å². The van der Waals surface area contributed by atoms with E-state index in [1.807, 2.05) is 45.0 Å². The second kappa shape index (κ2) is 10.4. The predicted molar refractivity (Wildman–Crippen MR) is 130 cm³/mol. The molecule has 0 fully saturated rings. The highest BCUT2D eigenvalue weighted by Gasteiger charge is 2.22. The van der Waals surface area contributed by atoms with Crippen molar-refractivity contribution in [2.75, 3.05) is 11.9 Å². The number of hydrogen-bond acceptors (Lipinski definition) is 3. The van der Waals surface area contributed by atoms with E-state index in [1.54, 1.807) is 0 Å². The second-order valence-corrected chi connectivity index (χ2v) is 8.74. The second-order valence-electron chi connectivity index (χ2n) is 8.74. The maximum atomic E-state index is 12.6. The number of benzene rings is 2. The van der Waals surface area contributed by atoms with Crippen LogP contribution >= 0.6 is 0 Å². The molecule has 1 aromatic heterocycles. The number of aromatic hydroxyl groups is 1. The van der Waals surface area contributed by atoms with Gasteiger partial charge in [0.2, 0.25) is 0 Å². The molecule has 172 valence electrons. The maximum absolute atomic E-state index is 12.6. The minimum Gasteiger partial charge on any atom is -0.505 e. The number of phenolic OH excluding ortho intramolecular Hbond substituents is 1. The van der Waals surface area contributed by atoms with Crippen molar-refractivity contribution >= 4 is 39.6 Å². The molecule has 0 radical (unpaired) electrons. The van der Waals surface area contributed by atoms with Crippen LogP contribution in [0.3, 0.4) is 0 Å². The zero-order valence-corrected chi connectivity index (χ0v) is 19.4. The molecule has 32 heavy (non-hydrogen) atoms. The van der Waals surface area contributed by atoms with Crippen LogP contribution in [0.4, 0.5) is 15.3 Å². The molecule has 3 aromatic rings. The Morgan fingerprint density at radius 3 is 2.56 bits per heavy atom. The number of unbranched alkanes of at least 4 members (excludes halogenated alkanes) is 3. The highest BCUT2D eigenvalue weighted by molar-refractivity contribution is 6.19.